The third-order valence-electron chi connectivity index (χ3n) is 4.28. The van der Waals surface area contributed by atoms with Gasteiger partial charge >= 0.3 is 0 Å². The molecule has 3 rings (SSSR count). The van der Waals surface area contributed by atoms with Crippen LogP contribution in [0.3, 0.4) is 0 Å². The molecule has 1 amide bonds. The van der Waals surface area contributed by atoms with E-state index in [0.29, 0.717) is 11.6 Å². The molecule has 0 unspecified atom stereocenters. The van der Waals surface area contributed by atoms with Crippen molar-refractivity contribution in [2.24, 2.45) is 5.92 Å². The summed E-state index contributed by atoms with van der Waals surface area (Å²) in [5, 5.41) is 8.03. The second-order valence-electron chi connectivity index (χ2n) is 5.81. The molecule has 1 saturated carbocycles. The van der Waals surface area contributed by atoms with Gasteiger partial charge in [-0.15, -0.1) is 0 Å². The Hall–Kier alpha value is -1.84. The highest BCUT2D eigenvalue weighted by molar-refractivity contribution is 6.04. The number of nitrogens with zero attached hydrogens (tertiary/aromatic N) is 2. The molecule has 106 valence electrons. The number of H-pyrrole nitrogens is 1. The number of nitrogens with one attached hydrogen (secondary N) is 1. The maximum Gasteiger partial charge on any atom is 0.274 e. The van der Waals surface area contributed by atoms with E-state index in [1.54, 1.807) is 0 Å². The van der Waals surface area contributed by atoms with Gasteiger partial charge in [0.15, 0.2) is 5.69 Å². The molecule has 0 spiro atoms. The molecule has 0 atom stereocenters. The quantitative estimate of drug-likeness (QED) is 0.931. The minimum absolute atomic E-state index is 0.0213. The third-order valence-corrected chi connectivity index (χ3v) is 4.28. The Morgan fingerprint density at radius 2 is 2.05 bits per heavy atom. The largest absolute Gasteiger partial charge is 0.340 e. The summed E-state index contributed by atoms with van der Waals surface area (Å²) in [6.45, 7) is 0.847. The predicted molar refractivity (Wildman–Crippen MR) is 79.6 cm³/mol. The lowest BCUT2D eigenvalue weighted by atomic mass is 9.89. The minimum atomic E-state index is 0.0213. The van der Waals surface area contributed by atoms with Crippen LogP contribution in [0.25, 0.3) is 10.9 Å². The molecule has 1 aliphatic carbocycles. The summed E-state index contributed by atoms with van der Waals surface area (Å²) in [4.78, 5) is 14.4. The van der Waals surface area contributed by atoms with Crippen molar-refractivity contribution in [2.75, 3.05) is 13.6 Å². The fourth-order valence-corrected chi connectivity index (χ4v) is 3.15. The average molecular weight is 271 g/mol. The highest BCUT2D eigenvalue weighted by Gasteiger charge is 2.22. The fourth-order valence-electron chi connectivity index (χ4n) is 3.15. The summed E-state index contributed by atoms with van der Waals surface area (Å²) in [6.07, 6.45) is 6.45. The normalized spacial score (nSPS) is 16.4. The molecule has 2 aromatic rings. The van der Waals surface area contributed by atoms with Crippen molar-refractivity contribution >= 4 is 16.8 Å². The third kappa shape index (κ3) is 2.55. The summed E-state index contributed by atoms with van der Waals surface area (Å²) < 4.78 is 0. The van der Waals surface area contributed by atoms with Gasteiger partial charge in [-0.2, -0.15) is 5.10 Å². The van der Waals surface area contributed by atoms with Crippen LogP contribution in [0.15, 0.2) is 24.3 Å². The van der Waals surface area contributed by atoms with Crippen molar-refractivity contribution in [3.63, 3.8) is 0 Å². The highest BCUT2D eigenvalue weighted by atomic mass is 16.2. The van der Waals surface area contributed by atoms with Crippen LogP contribution in [-0.4, -0.2) is 34.6 Å². The molecule has 1 heterocycles. The molecule has 0 radical (unpaired) electrons. The van der Waals surface area contributed by atoms with Crippen molar-refractivity contribution in [2.45, 2.75) is 32.1 Å². The molecule has 4 nitrogen and oxygen atoms in total. The lowest BCUT2D eigenvalue weighted by molar-refractivity contribution is 0.0756. The molecule has 1 aromatic carbocycles. The molecule has 1 aromatic heterocycles. The van der Waals surface area contributed by atoms with Gasteiger partial charge in [0.05, 0.1) is 5.52 Å². The molecule has 0 saturated heterocycles. The van der Waals surface area contributed by atoms with E-state index in [1.807, 2.05) is 36.2 Å². The Morgan fingerprint density at radius 3 is 2.85 bits per heavy atom. The smallest absolute Gasteiger partial charge is 0.274 e. The standard InChI is InChI=1S/C16H21N3O/c1-19(11-12-7-3-2-4-8-12)16(20)15-13-9-5-6-10-14(13)17-18-15/h5-6,9-10,12H,2-4,7-8,11H2,1H3,(H,17,18). The number of hydrogen-bond acceptors (Lipinski definition) is 2. The number of rotatable bonds is 3. The van der Waals surface area contributed by atoms with Crippen LogP contribution in [0.2, 0.25) is 0 Å². The van der Waals surface area contributed by atoms with Gasteiger partial charge in [-0.05, 0) is 24.8 Å². The van der Waals surface area contributed by atoms with Gasteiger partial charge < -0.3 is 4.90 Å². The van der Waals surface area contributed by atoms with Crippen LogP contribution >= 0.6 is 0 Å². The van der Waals surface area contributed by atoms with Crippen LogP contribution in [0, 0.1) is 5.92 Å². The fraction of sp³-hybridized carbons (Fsp3) is 0.500. The molecular formula is C16H21N3O. The van der Waals surface area contributed by atoms with E-state index in [1.165, 1.54) is 32.1 Å². The number of carbonyl (C=O) groups is 1. The maximum absolute atomic E-state index is 12.5. The Bertz CT molecular complexity index is 599. The summed E-state index contributed by atoms with van der Waals surface area (Å²) in [5.74, 6) is 0.677. The number of aromatic amines is 1. The first kappa shape index (κ1) is 13.2. The number of para-hydroxylation sites is 1. The van der Waals surface area contributed by atoms with Gasteiger partial charge in [0, 0.05) is 19.0 Å². The van der Waals surface area contributed by atoms with Crippen LogP contribution in [0.5, 0.6) is 0 Å². The monoisotopic (exact) mass is 271 g/mol. The van der Waals surface area contributed by atoms with Crippen molar-refractivity contribution in [1.82, 2.24) is 15.1 Å². The number of carbonyl (C=O) groups excluding carboxylic acids is 1. The number of aromatic nitrogens is 2. The van der Waals surface area contributed by atoms with Crippen molar-refractivity contribution in [1.29, 1.82) is 0 Å². The van der Waals surface area contributed by atoms with Crippen molar-refractivity contribution < 1.29 is 4.79 Å². The average Bonchev–Trinajstić information content (AvgIpc) is 2.91. The number of hydrogen-bond donors (Lipinski definition) is 1. The Labute approximate surface area is 119 Å². The molecular weight excluding hydrogens is 250 g/mol. The maximum atomic E-state index is 12.5. The zero-order chi connectivity index (χ0) is 13.9. The van der Waals surface area contributed by atoms with E-state index in [9.17, 15) is 4.79 Å². The summed E-state index contributed by atoms with van der Waals surface area (Å²) in [6, 6.07) is 7.77. The number of fused-ring (bicyclic) bond motifs is 1. The molecule has 0 aliphatic heterocycles. The number of amides is 1. The van der Waals surface area contributed by atoms with E-state index in [4.69, 9.17) is 0 Å². The van der Waals surface area contributed by atoms with E-state index >= 15 is 0 Å². The van der Waals surface area contributed by atoms with E-state index < -0.39 is 0 Å². The first-order valence-electron chi connectivity index (χ1n) is 7.44. The summed E-state index contributed by atoms with van der Waals surface area (Å²) in [7, 11) is 1.89. The number of benzene rings is 1. The first-order valence-corrected chi connectivity index (χ1v) is 7.44. The van der Waals surface area contributed by atoms with E-state index in [0.717, 1.165) is 17.4 Å². The van der Waals surface area contributed by atoms with E-state index in [2.05, 4.69) is 10.2 Å². The molecule has 20 heavy (non-hydrogen) atoms. The second-order valence-corrected chi connectivity index (χ2v) is 5.81. The van der Waals surface area contributed by atoms with Crippen LogP contribution in [-0.2, 0) is 0 Å². The summed E-state index contributed by atoms with van der Waals surface area (Å²) in [5.41, 5.74) is 1.46. The molecule has 1 N–H and O–H groups in total. The molecule has 1 fully saturated rings. The van der Waals surface area contributed by atoms with Gasteiger partial charge in [-0.1, -0.05) is 37.5 Å². The zero-order valence-corrected chi connectivity index (χ0v) is 11.9. The van der Waals surface area contributed by atoms with Crippen molar-refractivity contribution in [3.8, 4) is 0 Å². The van der Waals surface area contributed by atoms with Gasteiger partial charge in [0.1, 0.15) is 0 Å². The Balaban J connectivity index is 1.74. The minimum Gasteiger partial charge on any atom is -0.340 e. The van der Waals surface area contributed by atoms with E-state index in [-0.39, 0.29) is 5.91 Å². The lowest BCUT2D eigenvalue weighted by Gasteiger charge is -2.26. The Kier molecular flexibility index (Phi) is 3.72. The van der Waals surface area contributed by atoms with Crippen molar-refractivity contribution in [3.05, 3.63) is 30.0 Å². The van der Waals surface area contributed by atoms with Gasteiger partial charge in [0.2, 0.25) is 0 Å². The van der Waals surface area contributed by atoms with Crippen LogP contribution in [0.4, 0.5) is 0 Å². The van der Waals surface area contributed by atoms with Crippen LogP contribution < -0.4 is 0 Å². The predicted octanol–water partition coefficient (Wildman–Crippen LogP) is 3.22. The first-order chi connectivity index (χ1) is 9.75. The van der Waals surface area contributed by atoms with Gasteiger partial charge in [0.25, 0.3) is 5.91 Å². The Morgan fingerprint density at radius 1 is 1.30 bits per heavy atom. The van der Waals surface area contributed by atoms with Crippen LogP contribution in [0.1, 0.15) is 42.6 Å². The SMILES string of the molecule is CN(CC1CCCCC1)C(=O)c1n[nH]c2ccccc12. The molecule has 1 aliphatic rings. The second kappa shape index (κ2) is 5.65. The highest BCUT2D eigenvalue weighted by Crippen LogP contribution is 2.25. The van der Waals surface area contributed by atoms with Gasteiger partial charge in [-0.25, -0.2) is 0 Å². The zero-order valence-electron chi connectivity index (χ0n) is 11.9. The van der Waals surface area contributed by atoms with Gasteiger partial charge in [-0.3, -0.25) is 9.89 Å². The topological polar surface area (TPSA) is 49.0 Å². The molecule has 4 heteroatoms. The summed E-state index contributed by atoms with van der Waals surface area (Å²) >= 11 is 0. The lowest BCUT2D eigenvalue weighted by Crippen LogP contribution is -2.33. The molecule has 0 bridgehead atoms.